The molecule has 2 aromatic carbocycles. The number of nitro groups is 1. The van der Waals surface area contributed by atoms with Gasteiger partial charge < -0.3 is 9.84 Å². The van der Waals surface area contributed by atoms with Gasteiger partial charge in [-0.05, 0) is 18.2 Å². The summed E-state index contributed by atoms with van der Waals surface area (Å²) in [5.74, 6) is -0.954. The van der Waals surface area contributed by atoms with Gasteiger partial charge >= 0.3 is 5.69 Å². The number of aliphatic hydroxyl groups excluding tert-OH is 1. The van der Waals surface area contributed by atoms with Crippen LogP contribution in [0.15, 0.2) is 48.5 Å². The maximum Gasteiger partial charge on any atom is 0.310 e. The Labute approximate surface area is 142 Å². The summed E-state index contributed by atoms with van der Waals surface area (Å²) in [5.41, 5.74) is 0.356. The van der Waals surface area contributed by atoms with E-state index < -0.39 is 22.8 Å². The van der Waals surface area contributed by atoms with E-state index in [1.807, 2.05) is 0 Å². The molecule has 0 bridgehead atoms. The Morgan fingerprint density at radius 3 is 2.20 bits per heavy atom. The molecule has 8 heteroatoms. The van der Waals surface area contributed by atoms with Crippen LogP contribution >= 0.6 is 0 Å². The van der Waals surface area contributed by atoms with Gasteiger partial charge in [0.2, 0.25) is 0 Å². The average Bonchev–Trinajstić information content (AvgIpc) is 2.85. The number of para-hydroxylation sites is 2. The van der Waals surface area contributed by atoms with E-state index in [4.69, 9.17) is 4.74 Å². The number of amides is 2. The summed E-state index contributed by atoms with van der Waals surface area (Å²) in [6.45, 7) is -0.550. The van der Waals surface area contributed by atoms with E-state index in [-0.39, 0.29) is 24.6 Å². The molecule has 2 amide bonds. The van der Waals surface area contributed by atoms with E-state index in [2.05, 4.69) is 0 Å². The number of benzene rings is 2. The molecular formula is C17H14N2O6. The molecule has 1 atom stereocenters. The summed E-state index contributed by atoms with van der Waals surface area (Å²) in [6.07, 6.45) is -1.18. The van der Waals surface area contributed by atoms with Crippen molar-refractivity contribution in [1.82, 2.24) is 4.90 Å². The van der Waals surface area contributed by atoms with E-state index in [9.17, 15) is 24.8 Å². The Morgan fingerprint density at radius 1 is 1.04 bits per heavy atom. The Hall–Kier alpha value is -3.26. The lowest BCUT2D eigenvalue weighted by molar-refractivity contribution is -0.385. The first kappa shape index (κ1) is 16.6. The lowest BCUT2D eigenvalue weighted by atomic mass is 10.1. The maximum absolute atomic E-state index is 12.2. The van der Waals surface area contributed by atoms with Crippen LogP contribution in [0.3, 0.4) is 0 Å². The number of nitro benzene ring substituents is 1. The van der Waals surface area contributed by atoms with E-state index in [1.54, 1.807) is 30.3 Å². The molecule has 0 unspecified atom stereocenters. The normalized spacial score (nSPS) is 14.4. The van der Waals surface area contributed by atoms with Crippen molar-refractivity contribution < 1.29 is 24.4 Å². The zero-order valence-corrected chi connectivity index (χ0v) is 13.0. The number of imide groups is 1. The largest absolute Gasteiger partial charge is 0.484 e. The summed E-state index contributed by atoms with van der Waals surface area (Å²) in [6, 6.07) is 12.2. The van der Waals surface area contributed by atoms with Gasteiger partial charge in [-0.15, -0.1) is 0 Å². The lowest BCUT2D eigenvalue weighted by Gasteiger charge is -2.18. The number of fused-ring (bicyclic) bond motifs is 1. The number of hydrogen-bond donors (Lipinski definition) is 1. The first-order valence-corrected chi connectivity index (χ1v) is 7.48. The first-order chi connectivity index (χ1) is 12.0. The van der Waals surface area contributed by atoms with Crippen LogP contribution in [-0.4, -0.2) is 46.0 Å². The standard InChI is InChI=1S/C17H14N2O6/c20-11(10-25-15-8-4-3-7-14(15)19(23)24)9-18-16(21)12-5-1-2-6-13(12)17(18)22/h1-8,11,20H,9-10H2/t11-/m1/s1. The van der Waals surface area contributed by atoms with Crippen molar-refractivity contribution >= 4 is 17.5 Å². The van der Waals surface area contributed by atoms with Crippen molar-refractivity contribution in [2.75, 3.05) is 13.2 Å². The number of carbonyl (C=O) groups excluding carboxylic acids is 2. The number of ether oxygens (including phenoxy) is 1. The molecule has 3 rings (SSSR count). The Bertz CT molecular complexity index is 816. The molecule has 25 heavy (non-hydrogen) atoms. The Kier molecular flexibility index (Phi) is 4.44. The molecule has 0 aliphatic carbocycles. The second kappa shape index (κ2) is 6.70. The highest BCUT2D eigenvalue weighted by molar-refractivity contribution is 6.21. The van der Waals surface area contributed by atoms with Crippen LogP contribution in [0, 0.1) is 10.1 Å². The predicted octanol–water partition coefficient (Wildman–Crippen LogP) is 1.63. The third kappa shape index (κ3) is 3.20. The summed E-state index contributed by atoms with van der Waals surface area (Å²) in [5, 5.41) is 21.0. The molecule has 0 saturated heterocycles. The van der Waals surface area contributed by atoms with Gasteiger partial charge in [-0.3, -0.25) is 24.6 Å². The number of β-amino-alcohol motifs (C(OH)–C–C–N with tert-alkyl or cyclic N) is 1. The topological polar surface area (TPSA) is 110 Å². The average molecular weight is 342 g/mol. The van der Waals surface area contributed by atoms with Crippen LogP contribution in [0.25, 0.3) is 0 Å². The fraction of sp³-hybridized carbons (Fsp3) is 0.176. The SMILES string of the molecule is O=C1c2ccccc2C(=O)N1C[C@@H](O)COc1ccccc1[N+](=O)[O-]. The highest BCUT2D eigenvalue weighted by atomic mass is 16.6. The van der Waals surface area contributed by atoms with Gasteiger partial charge in [0, 0.05) is 6.07 Å². The van der Waals surface area contributed by atoms with Crippen LogP contribution in [0.5, 0.6) is 5.75 Å². The van der Waals surface area contributed by atoms with Crippen LogP contribution in [0.2, 0.25) is 0 Å². The number of nitrogens with zero attached hydrogens (tertiary/aromatic N) is 2. The third-order valence-corrected chi connectivity index (χ3v) is 3.76. The molecule has 0 fully saturated rings. The highest BCUT2D eigenvalue weighted by Gasteiger charge is 2.36. The summed E-state index contributed by atoms with van der Waals surface area (Å²) in [7, 11) is 0. The van der Waals surface area contributed by atoms with E-state index >= 15 is 0 Å². The van der Waals surface area contributed by atoms with Crippen LogP contribution in [-0.2, 0) is 0 Å². The molecule has 128 valence electrons. The minimum atomic E-state index is -1.18. The Morgan fingerprint density at radius 2 is 1.60 bits per heavy atom. The third-order valence-electron chi connectivity index (χ3n) is 3.76. The zero-order chi connectivity index (χ0) is 18.0. The smallest absolute Gasteiger partial charge is 0.310 e. The molecule has 0 radical (unpaired) electrons. The van der Waals surface area contributed by atoms with Gasteiger partial charge in [0.25, 0.3) is 11.8 Å². The molecule has 0 spiro atoms. The van der Waals surface area contributed by atoms with E-state index in [1.165, 1.54) is 18.2 Å². The van der Waals surface area contributed by atoms with Gasteiger partial charge in [0.15, 0.2) is 5.75 Å². The molecule has 8 nitrogen and oxygen atoms in total. The zero-order valence-electron chi connectivity index (χ0n) is 13.0. The number of hydrogen-bond acceptors (Lipinski definition) is 6. The van der Waals surface area contributed by atoms with Crippen LogP contribution in [0.4, 0.5) is 5.69 Å². The van der Waals surface area contributed by atoms with Gasteiger partial charge in [-0.1, -0.05) is 24.3 Å². The number of aliphatic hydroxyl groups is 1. The van der Waals surface area contributed by atoms with Crippen LogP contribution in [0.1, 0.15) is 20.7 Å². The minimum Gasteiger partial charge on any atom is -0.484 e. The molecule has 1 N–H and O–H groups in total. The summed E-state index contributed by atoms with van der Waals surface area (Å²) >= 11 is 0. The summed E-state index contributed by atoms with van der Waals surface area (Å²) in [4.78, 5) is 35.7. The lowest BCUT2D eigenvalue weighted by Crippen LogP contribution is -2.39. The number of carbonyl (C=O) groups is 2. The molecule has 1 aliphatic heterocycles. The van der Waals surface area contributed by atoms with Crippen molar-refractivity contribution in [2.24, 2.45) is 0 Å². The highest BCUT2D eigenvalue weighted by Crippen LogP contribution is 2.26. The first-order valence-electron chi connectivity index (χ1n) is 7.48. The van der Waals surface area contributed by atoms with Crippen molar-refractivity contribution in [3.8, 4) is 5.75 Å². The fourth-order valence-corrected chi connectivity index (χ4v) is 2.58. The maximum atomic E-state index is 12.2. The second-order valence-corrected chi connectivity index (χ2v) is 5.46. The van der Waals surface area contributed by atoms with Gasteiger partial charge in [0.05, 0.1) is 22.6 Å². The molecule has 2 aromatic rings. The van der Waals surface area contributed by atoms with Crippen molar-refractivity contribution in [2.45, 2.75) is 6.10 Å². The van der Waals surface area contributed by atoms with Crippen molar-refractivity contribution in [3.63, 3.8) is 0 Å². The van der Waals surface area contributed by atoms with Gasteiger partial charge in [-0.2, -0.15) is 0 Å². The van der Waals surface area contributed by atoms with Gasteiger partial charge in [-0.25, -0.2) is 0 Å². The monoisotopic (exact) mass is 342 g/mol. The minimum absolute atomic E-state index is 0.00825. The Balaban J connectivity index is 1.65. The van der Waals surface area contributed by atoms with E-state index in [0.717, 1.165) is 4.90 Å². The van der Waals surface area contributed by atoms with Crippen molar-refractivity contribution in [1.29, 1.82) is 0 Å². The summed E-state index contributed by atoms with van der Waals surface area (Å²) < 4.78 is 5.28. The molecular weight excluding hydrogens is 328 g/mol. The molecule has 0 saturated carbocycles. The quantitative estimate of drug-likeness (QED) is 0.485. The fourth-order valence-electron chi connectivity index (χ4n) is 2.58. The van der Waals surface area contributed by atoms with Crippen molar-refractivity contribution in [3.05, 3.63) is 69.8 Å². The van der Waals surface area contributed by atoms with Crippen LogP contribution < -0.4 is 4.74 Å². The second-order valence-electron chi connectivity index (χ2n) is 5.46. The van der Waals surface area contributed by atoms with E-state index in [0.29, 0.717) is 11.1 Å². The molecule has 0 aromatic heterocycles. The molecule has 1 aliphatic rings. The number of rotatable bonds is 6. The predicted molar refractivity (Wildman–Crippen MR) is 86.4 cm³/mol. The van der Waals surface area contributed by atoms with Gasteiger partial charge in [0.1, 0.15) is 12.7 Å². The molecule has 1 heterocycles.